The highest BCUT2D eigenvalue weighted by molar-refractivity contribution is 7.86. The fraction of sp³-hybridized carbons (Fsp3) is 0.308. The Balaban J connectivity index is 1.21. The van der Waals surface area contributed by atoms with E-state index < -0.39 is 22.8 Å². The first kappa shape index (κ1) is 26.3. The minimum absolute atomic E-state index is 0.0403. The lowest BCUT2D eigenvalue weighted by atomic mass is 10.2. The highest BCUT2D eigenvalue weighted by Crippen LogP contribution is 2.27. The van der Waals surface area contributed by atoms with Crippen LogP contribution < -0.4 is 9.64 Å². The molecular formula is C26H27N3O7S2. The molecule has 0 bridgehead atoms. The number of oxazole rings is 1. The molecular weight excluding hydrogens is 530 g/mol. The Morgan fingerprint density at radius 2 is 2.05 bits per heavy atom. The summed E-state index contributed by atoms with van der Waals surface area (Å²) in [6, 6.07) is 11.4. The minimum Gasteiger partial charge on any atom is -0.485 e. The molecule has 0 aliphatic carbocycles. The van der Waals surface area contributed by atoms with Gasteiger partial charge >= 0.3 is 0 Å². The number of aliphatic hydroxyl groups is 1. The lowest BCUT2D eigenvalue weighted by Gasteiger charge is -2.25. The quantitative estimate of drug-likeness (QED) is 0.285. The Morgan fingerprint density at radius 3 is 2.82 bits per heavy atom. The van der Waals surface area contributed by atoms with Crippen molar-refractivity contribution >= 4 is 49.8 Å². The van der Waals surface area contributed by atoms with Crippen LogP contribution >= 0.6 is 11.3 Å². The molecule has 1 N–H and O–H groups in total. The first-order valence-electron chi connectivity index (χ1n) is 12.0. The van der Waals surface area contributed by atoms with Gasteiger partial charge in [0.05, 0.1) is 18.1 Å². The van der Waals surface area contributed by atoms with Crippen molar-refractivity contribution in [3.63, 3.8) is 0 Å². The van der Waals surface area contributed by atoms with Crippen molar-refractivity contribution in [1.29, 1.82) is 0 Å². The van der Waals surface area contributed by atoms with E-state index in [1.165, 1.54) is 12.1 Å². The molecule has 0 spiro atoms. The van der Waals surface area contributed by atoms with E-state index in [2.05, 4.69) is 14.9 Å². The molecule has 38 heavy (non-hydrogen) atoms. The van der Waals surface area contributed by atoms with Crippen LogP contribution in [0.15, 0.2) is 58.0 Å². The molecule has 0 saturated carbocycles. The zero-order valence-electron chi connectivity index (χ0n) is 20.6. The van der Waals surface area contributed by atoms with Crippen molar-refractivity contribution in [1.82, 2.24) is 9.97 Å². The van der Waals surface area contributed by atoms with E-state index in [0.717, 1.165) is 35.1 Å². The van der Waals surface area contributed by atoms with E-state index in [4.69, 9.17) is 18.1 Å². The normalized spacial score (nSPS) is 15.4. The van der Waals surface area contributed by atoms with E-state index in [1.54, 1.807) is 53.9 Å². The molecule has 0 radical (unpaired) electrons. The first-order valence-corrected chi connectivity index (χ1v) is 14.2. The van der Waals surface area contributed by atoms with Gasteiger partial charge in [0.1, 0.15) is 30.7 Å². The lowest BCUT2D eigenvalue weighted by Crippen LogP contribution is -2.32. The number of rotatable bonds is 10. The van der Waals surface area contributed by atoms with Crippen LogP contribution in [0.5, 0.6) is 5.75 Å². The number of hydrogen-bond donors (Lipinski definition) is 1. The molecule has 1 aliphatic heterocycles. The van der Waals surface area contributed by atoms with Gasteiger partial charge < -0.3 is 23.9 Å². The second-order valence-corrected chi connectivity index (χ2v) is 11.3. The van der Waals surface area contributed by atoms with Crippen LogP contribution in [0, 0.1) is 6.92 Å². The summed E-state index contributed by atoms with van der Waals surface area (Å²) in [7, 11) is -3.98. The summed E-state index contributed by atoms with van der Waals surface area (Å²) in [5.41, 5.74) is 2.05. The SMILES string of the molecule is Cc1ccc(S(=O)(=O)OCC(CO)Oc2ccc3nc(/C=C/c4cnc(N5CCCOC5)s4)oc3c2)cc1. The predicted molar refractivity (Wildman–Crippen MR) is 144 cm³/mol. The molecule has 1 unspecified atom stereocenters. The summed E-state index contributed by atoms with van der Waals surface area (Å²) in [5, 5.41) is 10.6. The topological polar surface area (TPSA) is 124 Å². The highest BCUT2D eigenvalue weighted by Gasteiger charge is 2.20. The number of benzene rings is 2. The minimum atomic E-state index is -3.98. The number of hydrogen-bond acceptors (Lipinski definition) is 11. The van der Waals surface area contributed by atoms with Gasteiger partial charge in [-0.15, -0.1) is 0 Å². The van der Waals surface area contributed by atoms with Crippen LogP contribution in [-0.2, 0) is 19.0 Å². The van der Waals surface area contributed by atoms with Crippen molar-refractivity contribution in [3.8, 4) is 5.75 Å². The molecule has 2 aromatic carbocycles. The maximum atomic E-state index is 12.4. The van der Waals surface area contributed by atoms with Gasteiger partial charge in [-0.25, -0.2) is 9.97 Å². The zero-order chi connectivity index (χ0) is 26.5. The molecule has 2 aromatic heterocycles. The second-order valence-electron chi connectivity index (χ2n) is 8.69. The van der Waals surface area contributed by atoms with E-state index in [9.17, 15) is 13.5 Å². The van der Waals surface area contributed by atoms with Crippen molar-refractivity contribution in [2.75, 3.05) is 38.0 Å². The van der Waals surface area contributed by atoms with Crippen LogP contribution in [0.2, 0.25) is 0 Å². The maximum Gasteiger partial charge on any atom is 0.297 e. The molecule has 12 heteroatoms. The molecule has 1 fully saturated rings. The summed E-state index contributed by atoms with van der Waals surface area (Å²) in [5.74, 6) is 0.801. The first-order chi connectivity index (χ1) is 18.4. The standard InChI is InChI=1S/C26H27N3O7S2/c1-18-3-7-22(8-4-18)38(31,32)34-16-20(15-30)35-19-5-9-23-24(13-19)36-25(28-23)10-6-21-14-27-26(37-21)29-11-2-12-33-17-29/h3-10,13-14,20,30H,2,11-12,15-17H2,1H3/b10-6+. The van der Waals surface area contributed by atoms with Crippen molar-refractivity contribution in [2.24, 2.45) is 0 Å². The number of thiazole rings is 1. The third-order valence-corrected chi connectivity index (χ3v) is 8.06. The predicted octanol–water partition coefficient (Wildman–Crippen LogP) is 4.09. The second kappa shape index (κ2) is 11.6. The van der Waals surface area contributed by atoms with Crippen molar-refractivity contribution in [2.45, 2.75) is 24.3 Å². The number of ether oxygens (including phenoxy) is 2. The Morgan fingerprint density at radius 1 is 1.21 bits per heavy atom. The van der Waals surface area contributed by atoms with E-state index in [-0.39, 0.29) is 11.5 Å². The van der Waals surface area contributed by atoms with Crippen molar-refractivity contribution in [3.05, 3.63) is 65.0 Å². The largest absolute Gasteiger partial charge is 0.485 e. The average Bonchev–Trinajstić information content (AvgIpc) is 3.57. The molecule has 0 amide bonds. The van der Waals surface area contributed by atoms with Gasteiger partial charge in [-0.2, -0.15) is 8.42 Å². The van der Waals surface area contributed by atoms with Gasteiger partial charge in [-0.1, -0.05) is 29.0 Å². The van der Waals surface area contributed by atoms with Crippen LogP contribution in [0.3, 0.4) is 0 Å². The summed E-state index contributed by atoms with van der Waals surface area (Å²) >= 11 is 1.56. The van der Waals surface area contributed by atoms with E-state index >= 15 is 0 Å². The molecule has 4 aromatic rings. The molecule has 1 atom stereocenters. The van der Waals surface area contributed by atoms with Crippen LogP contribution in [0.1, 0.15) is 22.8 Å². The fourth-order valence-corrected chi connectivity index (χ4v) is 5.49. The third-order valence-electron chi connectivity index (χ3n) is 5.74. The fourth-order valence-electron chi connectivity index (χ4n) is 3.72. The Kier molecular flexibility index (Phi) is 8.05. The highest BCUT2D eigenvalue weighted by atomic mass is 32.2. The third kappa shape index (κ3) is 6.40. The molecule has 10 nitrogen and oxygen atoms in total. The Hall–Kier alpha value is -3.29. The Labute approximate surface area is 224 Å². The number of aryl methyl sites for hydroxylation is 1. The van der Waals surface area contributed by atoms with Crippen LogP contribution in [0.25, 0.3) is 23.3 Å². The summed E-state index contributed by atoms with van der Waals surface area (Å²) in [4.78, 5) is 12.0. The number of aliphatic hydroxyl groups excluding tert-OH is 1. The maximum absolute atomic E-state index is 12.4. The van der Waals surface area contributed by atoms with Crippen molar-refractivity contribution < 1.29 is 31.6 Å². The smallest absolute Gasteiger partial charge is 0.297 e. The Bertz CT molecular complexity index is 1510. The molecule has 1 saturated heterocycles. The van der Waals surface area contributed by atoms with Gasteiger partial charge in [0.2, 0.25) is 5.89 Å². The van der Waals surface area contributed by atoms with Gasteiger partial charge in [0.15, 0.2) is 10.7 Å². The zero-order valence-corrected chi connectivity index (χ0v) is 22.3. The van der Waals surface area contributed by atoms with Gasteiger partial charge in [-0.3, -0.25) is 4.18 Å². The number of fused-ring (bicyclic) bond motifs is 1. The summed E-state index contributed by atoms with van der Waals surface area (Å²) in [6.45, 7) is 3.34. The molecule has 3 heterocycles. The number of aromatic nitrogens is 2. The average molecular weight is 558 g/mol. The molecule has 5 rings (SSSR count). The van der Waals surface area contributed by atoms with Gasteiger partial charge in [0.25, 0.3) is 10.1 Å². The van der Waals surface area contributed by atoms with Crippen LogP contribution in [-0.4, -0.2) is 62.7 Å². The van der Waals surface area contributed by atoms with E-state index in [0.29, 0.717) is 29.5 Å². The molecule has 200 valence electrons. The van der Waals surface area contributed by atoms with Crippen LogP contribution in [0.4, 0.5) is 5.13 Å². The number of nitrogens with zero attached hydrogens (tertiary/aromatic N) is 3. The summed E-state index contributed by atoms with van der Waals surface area (Å²) < 4.78 is 47.1. The summed E-state index contributed by atoms with van der Waals surface area (Å²) in [6.07, 6.45) is 5.54. The van der Waals surface area contributed by atoms with Gasteiger partial charge in [-0.05, 0) is 43.7 Å². The lowest BCUT2D eigenvalue weighted by molar-refractivity contribution is 0.0741. The van der Waals surface area contributed by atoms with Gasteiger partial charge in [0, 0.05) is 29.8 Å². The monoisotopic (exact) mass is 557 g/mol. The molecule has 1 aliphatic rings. The number of anilines is 1. The van der Waals surface area contributed by atoms with E-state index in [1.807, 2.05) is 13.0 Å².